The summed E-state index contributed by atoms with van der Waals surface area (Å²) in [5.41, 5.74) is 3.95. The first kappa shape index (κ1) is 18.2. The van der Waals surface area contributed by atoms with E-state index in [0.29, 0.717) is 6.04 Å². The molecule has 2 atom stereocenters. The van der Waals surface area contributed by atoms with Gasteiger partial charge >= 0.3 is 0 Å². The quantitative estimate of drug-likeness (QED) is 0.726. The number of aliphatic hydroxyl groups excluding tert-OH is 1. The van der Waals surface area contributed by atoms with Crippen molar-refractivity contribution in [2.75, 3.05) is 13.2 Å². The van der Waals surface area contributed by atoms with Gasteiger partial charge in [-0.25, -0.2) is 0 Å². The maximum atomic E-state index is 9.67. The average Bonchev–Trinajstić information content (AvgIpc) is 2.55. The lowest BCUT2D eigenvalue weighted by molar-refractivity contribution is 0.218. The fourth-order valence-electron chi connectivity index (χ4n) is 2.77. The van der Waals surface area contributed by atoms with Crippen molar-refractivity contribution >= 4 is 15.9 Å². The molecule has 0 aliphatic heterocycles. The Kier molecular flexibility index (Phi) is 7.28. The minimum absolute atomic E-state index is 0.215. The minimum Gasteiger partial charge on any atom is -0.396 e. The molecular weight excluding hydrogens is 350 g/mol. The molecule has 0 aromatic heterocycles. The Morgan fingerprint density at radius 2 is 1.74 bits per heavy atom. The molecule has 2 rings (SSSR count). The van der Waals surface area contributed by atoms with E-state index in [1.165, 1.54) is 16.7 Å². The lowest BCUT2D eigenvalue weighted by Gasteiger charge is -2.20. The van der Waals surface area contributed by atoms with Crippen LogP contribution in [0.2, 0.25) is 0 Å². The highest BCUT2D eigenvalue weighted by Crippen LogP contribution is 2.14. The van der Waals surface area contributed by atoms with E-state index in [4.69, 9.17) is 0 Å². The fraction of sp³-hybridized carbons (Fsp3) is 0.400. The molecule has 2 aromatic carbocycles. The molecular formula is C20H26BrNO. The van der Waals surface area contributed by atoms with E-state index < -0.39 is 0 Å². The van der Waals surface area contributed by atoms with Gasteiger partial charge in [-0.15, -0.1) is 0 Å². The largest absolute Gasteiger partial charge is 0.396 e. The number of hydrogen-bond donors (Lipinski definition) is 2. The molecule has 0 radical (unpaired) electrons. The number of nitrogens with one attached hydrogen (secondary N) is 1. The Morgan fingerprint density at radius 3 is 2.39 bits per heavy atom. The molecule has 0 amide bonds. The summed E-state index contributed by atoms with van der Waals surface area (Å²) in [6.07, 6.45) is 1.91. The highest BCUT2D eigenvalue weighted by Gasteiger charge is 2.12. The highest BCUT2D eigenvalue weighted by atomic mass is 79.9. The normalized spacial score (nSPS) is 13.7. The monoisotopic (exact) mass is 375 g/mol. The zero-order valence-corrected chi connectivity index (χ0v) is 15.5. The molecule has 0 saturated heterocycles. The van der Waals surface area contributed by atoms with Gasteiger partial charge in [-0.2, -0.15) is 0 Å². The van der Waals surface area contributed by atoms with E-state index in [0.717, 1.165) is 23.9 Å². The predicted octanol–water partition coefficient (Wildman–Crippen LogP) is 4.13. The third kappa shape index (κ3) is 6.09. The molecule has 2 unspecified atom stereocenters. The van der Waals surface area contributed by atoms with Gasteiger partial charge in [0, 0.05) is 23.7 Å². The van der Waals surface area contributed by atoms with Crippen molar-refractivity contribution in [2.24, 2.45) is 5.92 Å². The number of halogens is 1. The van der Waals surface area contributed by atoms with Gasteiger partial charge in [0.1, 0.15) is 0 Å². The van der Waals surface area contributed by atoms with Crippen molar-refractivity contribution in [3.63, 3.8) is 0 Å². The summed E-state index contributed by atoms with van der Waals surface area (Å²) >= 11 is 3.46. The molecule has 23 heavy (non-hydrogen) atoms. The molecule has 0 bridgehead atoms. The molecule has 0 spiro atoms. The zero-order valence-electron chi connectivity index (χ0n) is 13.9. The van der Waals surface area contributed by atoms with Crippen LogP contribution in [-0.2, 0) is 12.8 Å². The second-order valence-electron chi connectivity index (χ2n) is 6.32. The maximum Gasteiger partial charge on any atom is 0.0474 e. The molecule has 0 heterocycles. The number of hydrogen-bond acceptors (Lipinski definition) is 2. The molecule has 3 heteroatoms. The van der Waals surface area contributed by atoms with Crippen LogP contribution in [-0.4, -0.2) is 24.3 Å². The van der Waals surface area contributed by atoms with Crippen LogP contribution in [0.3, 0.4) is 0 Å². The van der Waals surface area contributed by atoms with Crippen LogP contribution in [0.5, 0.6) is 0 Å². The SMILES string of the molecule is Cc1ccccc1CC(CO)CNC(C)Cc1ccc(Br)cc1. The van der Waals surface area contributed by atoms with Crippen LogP contribution < -0.4 is 5.32 Å². The van der Waals surface area contributed by atoms with Crippen molar-refractivity contribution in [1.29, 1.82) is 0 Å². The van der Waals surface area contributed by atoms with Crippen molar-refractivity contribution in [2.45, 2.75) is 32.7 Å². The number of benzene rings is 2. The van der Waals surface area contributed by atoms with Gasteiger partial charge < -0.3 is 10.4 Å². The van der Waals surface area contributed by atoms with Crippen molar-refractivity contribution in [1.82, 2.24) is 5.32 Å². The Balaban J connectivity index is 1.82. The van der Waals surface area contributed by atoms with Gasteiger partial charge in [0.05, 0.1) is 0 Å². The molecule has 2 nitrogen and oxygen atoms in total. The molecule has 0 fully saturated rings. The van der Waals surface area contributed by atoms with Crippen LogP contribution in [0, 0.1) is 12.8 Å². The lowest BCUT2D eigenvalue weighted by atomic mass is 9.96. The summed E-state index contributed by atoms with van der Waals surface area (Å²) in [6, 6.07) is 17.3. The maximum absolute atomic E-state index is 9.67. The zero-order chi connectivity index (χ0) is 16.7. The predicted molar refractivity (Wildman–Crippen MR) is 101 cm³/mol. The molecule has 0 saturated carbocycles. The minimum atomic E-state index is 0.215. The molecule has 2 N–H and O–H groups in total. The Morgan fingerprint density at radius 1 is 1.04 bits per heavy atom. The van der Waals surface area contributed by atoms with Crippen LogP contribution in [0.4, 0.5) is 0 Å². The summed E-state index contributed by atoms with van der Waals surface area (Å²) < 4.78 is 1.11. The van der Waals surface area contributed by atoms with E-state index in [1.807, 2.05) is 0 Å². The Bertz CT molecular complexity index is 597. The van der Waals surface area contributed by atoms with Crippen LogP contribution >= 0.6 is 15.9 Å². The first-order chi connectivity index (χ1) is 11.1. The van der Waals surface area contributed by atoms with Gasteiger partial charge in [-0.1, -0.05) is 52.3 Å². The Labute approximate surface area is 148 Å². The van der Waals surface area contributed by atoms with Gasteiger partial charge in [-0.05, 0) is 61.4 Å². The summed E-state index contributed by atoms with van der Waals surface area (Å²) in [4.78, 5) is 0. The number of aryl methyl sites for hydroxylation is 1. The first-order valence-corrected chi connectivity index (χ1v) is 9.01. The first-order valence-electron chi connectivity index (χ1n) is 8.21. The van der Waals surface area contributed by atoms with E-state index in [1.54, 1.807) is 0 Å². The lowest BCUT2D eigenvalue weighted by Crippen LogP contribution is -2.34. The fourth-order valence-corrected chi connectivity index (χ4v) is 3.03. The summed E-state index contributed by atoms with van der Waals surface area (Å²) in [7, 11) is 0. The van der Waals surface area contributed by atoms with E-state index in [-0.39, 0.29) is 12.5 Å². The Hall–Kier alpha value is -1.16. The van der Waals surface area contributed by atoms with Crippen LogP contribution in [0.15, 0.2) is 53.0 Å². The van der Waals surface area contributed by atoms with Gasteiger partial charge in [0.15, 0.2) is 0 Å². The average molecular weight is 376 g/mol. The summed E-state index contributed by atoms with van der Waals surface area (Å²) in [5.74, 6) is 0.253. The van der Waals surface area contributed by atoms with Gasteiger partial charge in [0.2, 0.25) is 0 Å². The van der Waals surface area contributed by atoms with Crippen LogP contribution in [0.25, 0.3) is 0 Å². The third-order valence-electron chi connectivity index (χ3n) is 4.24. The van der Waals surface area contributed by atoms with E-state index in [2.05, 4.69) is 83.6 Å². The summed E-state index contributed by atoms with van der Waals surface area (Å²) in [6.45, 7) is 5.38. The number of aliphatic hydroxyl groups is 1. The second-order valence-corrected chi connectivity index (χ2v) is 7.23. The van der Waals surface area contributed by atoms with Crippen LogP contribution in [0.1, 0.15) is 23.6 Å². The standard InChI is InChI=1S/C20H26BrNO/c1-15-5-3-4-6-19(15)12-18(14-23)13-22-16(2)11-17-7-9-20(21)10-8-17/h3-10,16,18,22-23H,11-14H2,1-2H3. The molecule has 0 aliphatic carbocycles. The molecule has 0 aliphatic rings. The van der Waals surface area contributed by atoms with E-state index in [9.17, 15) is 5.11 Å². The van der Waals surface area contributed by atoms with Gasteiger partial charge in [-0.3, -0.25) is 0 Å². The van der Waals surface area contributed by atoms with Crippen molar-refractivity contribution in [3.8, 4) is 0 Å². The molecule has 2 aromatic rings. The van der Waals surface area contributed by atoms with Gasteiger partial charge in [0.25, 0.3) is 0 Å². The highest BCUT2D eigenvalue weighted by molar-refractivity contribution is 9.10. The van der Waals surface area contributed by atoms with Crippen molar-refractivity contribution < 1.29 is 5.11 Å². The third-order valence-corrected chi connectivity index (χ3v) is 4.77. The molecule has 124 valence electrons. The topological polar surface area (TPSA) is 32.3 Å². The number of rotatable bonds is 8. The van der Waals surface area contributed by atoms with E-state index >= 15 is 0 Å². The smallest absolute Gasteiger partial charge is 0.0474 e. The summed E-state index contributed by atoms with van der Waals surface area (Å²) in [5, 5.41) is 13.2. The second kappa shape index (κ2) is 9.21. The van der Waals surface area contributed by atoms with Crippen molar-refractivity contribution in [3.05, 3.63) is 69.7 Å².